The van der Waals surface area contributed by atoms with Crippen LogP contribution in [0.15, 0.2) is 340 Å². The van der Waals surface area contributed by atoms with Gasteiger partial charge >= 0.3 is 17.9 Å². The molecular formula is C114H106O15. The lowest BCUT2D eigenvalue weighted by molar-refractivity contribution is -0.143. The Bertz CT molecular complexity index is 6510. The maximum absolute atomic E-state index is 11.4. The molecule has 0 bridgehead atoms. The second-order valence-corrected chi connectivity index (χ2v) is 31.4. The van der Waals surface area contributed by atoms with E-state index in [1.165, 1.54) is 92.6 Å². The number of benzene rings is 16. The molecule has 0 aliphatic heterocycles. The second kappa shape index (κ2) is 42.5. The molecule has 0 spiro atoms. The Hall–Kier alpha value is -14.0. The summed E-state index contributed by atoms with van der Waals surface area (Å²) in [5, 5.41) is 9.17. The molecule has 0 aromatic heterocycles. The van der Waals surface area contributed by atoms with Crippen molar-refractivity contribution in [2.75, 3.05) is 101 Å². The van der Waals surface area contributed by atoms with Crippen LogP contribution in [0.3, 0.4) is 0 Å². The summed E-state index contributed by atoms with van der Waals surface area (Å²) in [4.78, 5) is 33.6. The zero-order valence-electron chi connectivity index (χ0n) is 72.9. The summed E-state index contributed by atoms with van der Waals surface area (Å²) < 4.78 is 67.0. The number of hydrogen-bond acceptors (Lipinski definition) is 15. The van der Waals surface area contributed by atoms with E-state index in [0.717, 1.165) is 106 Å². The molecular weight excluding hydrogens is 1610 g/mol. The first-order valence-corrected chi connectivity index (χ1v) is 43.3. The van der Waals surface area contributed by atoms with Gasteiger partial charge in [-0.25, -0.2) is 0 Å². The van der Waals surface area contributed by atoms with Crippen LogP contribution in [-0.2, 0) is 76.3 Å². The topological polar surface area (TPSA) is 162 Å². The number of ether oxygens (including phenoxy) is 12. The van der Waals surface area contributed by atoms with Crippen LogP contribution in [0.25, 0.3) is 98.7 Å². The quantitative estimate of drug-likeness (QED) is 0.0217. The predicted molar refractivity (Wildman–Crippen MR) is 514 cm³/mol. The van der Waals surface area contributed by atoms with Crippen LogP contribution in [0.4, 0.5) is 0 Å². The molecule has 2 aliphatic rings. The first kappa shape index (κ1) is 89.8. The molecule has 652 valence electrons. The fourth-order valence-electron chi connectivity index (χ4n) is 18.0. The van der Waals surface area contributed by atoms with Gasteiger partial charge in [-0.05, 0) is 204 Å². The Labute approximate surface area is 754 Å². The van der Waals surface area contributed by atoms with E-state index < -0.39 is 10.8 Å². The van der Waals surface area contributed by atoms with Gasteiger partial charge in [0.15, 0.2) is 0 Å². The molecule has 0 heterocycles. The Morgan fingerprint density at radius 1 is 0.256 bits per heavy atom. The van der Waals surface area contributed by atoms with Gasteiger partial charge in [0, 0.05) is 53.2 Å². The third-order valence-electron chi connectivity index (χ3n) is 23.6. The van der Waals surface area contributed by atoms with Gasteiger partial charge in [0.1, 0.15) is 69.2 Å². The van der Waals surface area contributed by atoms with Crippen molar-refractivity contribution in [3.63, 3.8) is 0 Å². The number of methoxy groups -OCH3 is 3. The minimum atomic E-state index is -0.651. The van der Waals surface area contributed by atoms with Crippen LogP contribution < -0.4 is 18.9 Å². The van der Waals surface area contributed by atoms with Crippen molar-refractivity contribution in [1.29, 1.82) is 0 Å². The highest BCUT2D eigenvalue weighted by atomic mass is 16.6. The number of rotatable bonds is 33. The van der Waals surface area contributed by atoms with E-state index in [9.17, 15) is 14.4 Å². The van der Waals surface area contributed by atoms with Gasteiger partial charge in [-0.3, -0.25) is 14.4 Å². The van der Waals surface area contributed by atoms with Gasteiger partial charge in [-0.1, -0.05) is 286 Å². The van der Waals surface area contributed by atoms with Crippen molar-refractivity contribution in [3.8, 4) is 78.6 Å². The van der Waals surface area contributed by atoms with E-state index in [1.54, 1.807) is 21.3 Å². The van der Waals surface area contributed by atoms with E-state index in [-0.39, 0.29) is 51.8 Å². The molecule has 0 amide bonds. The summed E-state index contributed by atoms with van der Waals surface area (Å²) in [5.74, 6) is 2.18. The van der Waals surface area contributed by atoms with Crippen molar-refractivity contribution < 1.29 is 71.2 Å². The fourth-order valence-corrected chi connectivity index (χ4v) is 18.0. The molecule has 0 atom stereocenters. The van der Waals surface area contributed by atoms with Gasteiger partial charge in [0.05, 0.1) is 57.1 Å². The summed E-state index contributed by atoms with van der Waals surface area (Å²) in [6, 6.07) is 120. The van der Waals surface area contributed by atoms with Gasteiger partial charge in [-0.2, -0.15) is 0 Å². The molecule has 2 aliphatic carbocycles. The SMILES string of the molecule is C.COCCOCc1ccc2ccccc2c1-c1c(COCCOC(C)=O)ccc2ccccc12.COCCOc1ccc(C2(c3ccc(OCCOC(C)=O)c(-c4ccccc4)c3)c3ccccc3-c3ccccc32)cc1-c1ccccc1.COCCOc1ccc2cc(C3(c4ccc5cc(OCCOC(C)=O)ccc5c4)c4ccccc4-c4ccccc43)ccc2c1. The molecule has 16 aromatic rings. The smallest absolute Gasteiger partial charge is 0.302 e. The Balaban J connectivity index is 0.000000151. The minimum absolute atomic E-state index is 0. The molecule has 0 radical (unpaired) electrons. The molecule has 0 unspecified atom stereocenters. The van der Waals surface area contributed by atoms with Crippen molar-refractivity contribution in [2.45, 2.75) is 52.2 Å². The van der Waals surface area contributed by atoms with Crippen LogP contribution in [-0.4, -0.2) is 119 Å². The summed E-state index contributed by atoms with van der Waals surface area (Å²) in [7, 11) is 5.04. The van der Waals surface area contributed by atoms with Crippen LogP contribution in [0.5, 0.6) is 23.0 Å². The molecule has 0 saturated carbocycles. The molecule has 0 saturated heterocycles. The van der Waals surface area contributed by atoms with Crippen molar-refractivity contribution in [1.82, 2.24) is 0 Å². The number of esters is 3. The molecule has 15 heteroatoms. The van der Waals surface area contributed by atoms with E-state index in [0.29, 0.717) is 66.1 Å². The Morgan fingerprint density at radius 3 is 0.961 bits per heavy atom. The second-order valence-electron chi connectivity index (χ2n) is 31.4. The summed E-state index contributed by atoms with van der Waals surface area (Å²) in [5.41, 5.74) is 22.0. The average molecular weight is 1720 g/mol. The van der Waals surface area contributed by atoms with Gasteiger partial charge < -0.3 is 56.8 Å². The van der Waals surface area contributed by atoms with Crippen molar-refractivity contribution in [3.05, 3.63) is 395 Å². The number of fused-ring (bicyclic) bond motifs is 10. The van der Waals surface area contributed by atoms with E-state index in [1.807, 2.05) is 42.5 Å². The number of carbonyl (C=O) groups is 3. The lowest BCUT2D eigenvalue weighted by atomic mass is 9.67. The van der Waals surface area contributed by atoms with Gasteiger partial charge in [0.2, 0.25) is 0 Å². The molecule has 18 rings (SSSR count). The zero-order valence-corrected chi connectivity index (χ0v) is 72.9. The summed E-state index contributed by atoms with van der Waals surface area (Å²) in [6.45, 7) is 9.74. The average Bonchev–Trinajstić information content (AvgIpc) is 1.55. The highest BCUT2D eigenvalue weighted by Gasteiger charge is 2.48. The van der Waals surface area contributed by atoms with Crippen LogP contribution in [0.1, 0.15) is 83.8 Å². The van der Waals surface area contributed by atoms with E-state index >= 15 is 0 Å². The van der Waals surface area contributed by atoms with Crippen molar-refractivity contribution >= 4 is 61.0 Å². The maximum Gasteiger partial charge on any atom is 0.302 e. The van der Waals surface area contributed by atoms with Gasteiger partial charge in [-0.15, -0.1) is 0 Å². The molecule has 0 N–H and O–H groups in total. The van der Waals surface area contributed by atoms with Crippen LogP contribution >= 0.6 is 0 Å². The Kier molecular flexibility index (Phi) is 29.6. The largest absolute Gasteiger partial charge is 0.491 e. The monoisotopic (exact) mass is 1710 g/mol. The summed E-state index contributed by atoms with van der Waals surface area (Å²) >= 11 is 0. The minimum Gasteiger partial charge on any atom is -0.491 e. The summed E-state index contributed by atoms with van der Waals surface area (Å²) in [6.07, 6.45) is 0. The highest BCUT2D eigenvalue weighted by Crippen LogP contribution is 2.59. The zero-order chi connectivity index (χ0) is 88.2. The molecule has 0 fully saturated rings. The van der Waals surface area contributed by atoms with E-state index in [2.05, 4.69) is 297 Å². The maximum atomic E-state index is 11.4. The number of hydrogen-bond donors (Lipinski definition) is 0. The number of carbonyl (C=O) groups excluding carboxylic acids is 3. The van der Waals surface area contributed by atoms with E-state index in [4.69, 9.17) is 56.8 Å². The first-order chi connectivity index (χ1) is 62.9. The standard InChI is InChI=1S/C44H38O5.C40H34O5.C29H30O5.CH4/c1-31(45)47-27-28-49-43-24-22-35(30-39(43)33-15-7-4-8-16-33)44(40-19-11-9-17-36(40)37-18-10-12-20-41(37)44)34-21-23-42(48-26-25-46-2)38(29-34)32-13-5-3-6-14-32;1-27(41)43-21-22-45-35-18-14-29-24-33(16-12-31(29)26-35)40(38-9-5-3-7-36(38)37-8-4-6-10-39(37)40)32-15-11-30-25-34(44-20-19-42-2)17-13-28(30)23-32;1-21(30)34-18-17-33-20-25-14-12-23-8-4-6-10-27(23)29(25)28-24(19-32-16-15-31-2)13-11-22-7-3-5-9-26(22)28;/h3-24,29-30H,25-28H2,1-2H3;3-18,23-26H,19-22H2,1-2H3;3-14H,15-20H2,1-2H3;1H4. The molecule has 15 nitrogen and oxygen atoms in total. The van der Waals surface area contributed by atoms with Gasteiger partial charge in [0.25, 0.3) is 0 Å². The lowest BCUT2D eigenvalue weighted by Gasteiger charge is -2.35. The lowest BCUT2D eigenvalue weighted by Crippen LogP contribution is -2.29. The first-order valence-electron chi connectivity index (χ1n) is 43.3. The van der Waals surface area contributed by atoms with Crippen molar-refractivity contribution in [2.24, 2.45) is 0 Å². The third-order valence-corrected chi connectivity index (χ3v) is 23.6. The van der Waals surface area contributed by atoms with Crippen LogP contribution in [0.2, 0.25) is 0 Å². The highest BCUT2D eigenvalue weighted by molar-refractivity contribution is 6.08. The predicted octanol–water partition coefficient (Wildman–Crippen LogP) is 24.2. The normalized spacial score (nSPS) is 12.2. The molecule has 129 heavy (non-hydrogen) atoms. The molecule has 16 aromatic carbocycles. The third kappa shape index (κ3) is 19.6. The Morgan fingerprint density at radius 2 is 0.558 bits per heavy atom. The van der Waals surface area contributed by atoms with Crippen LogP contribution in [0, 0.1) is 0 Å². The fraction of sp³-hybridized carbons (Fsp3) is 0.202.